The number of amides is 1. The molecule has 2 aromatic heterocycles. The van der Waals surface area contributed by atoms with Gasteiger partial charge in [0.2, 0.25) is 5.91 Å². The second kappa shape index (κ2) is 7.76. The van der Waals surface area contributed by atoms with Gasteiger partial charge in [0.05, 0.1) is 23.8 Å². The molecule has 6 nitrogen and oxygen atoms in total. The summed E-state index contributed by atoms with van der Waals surface area (Å²) in [6.45, 7) is 0.406. The zero-order valence-electron chi connectivity index (χ0n) is 13.4. The predicted molar refractivity (Wildman–Crippen MR) is 98.1 cm³/mol. The maximum Gasteiger partial charge on any atom is 0.251 e. The number of carbonyl (C=O) groups is 1. The van der Waals surface area contributed by atoms with Gasteiger partial charge in [-0.1, -0.05) is 6.07 Å². The molecule has 1 amide bonds. The molecule has 0 spiro atoms. The van der Waals surface area contributed by atoms with Crippen molar-refractivity contribution in [1.29, 1.82) is 0 Å². The maximum absolute atomic E-state index is 12.8. The van der Waals surface area contributed by atoms with Gasteiger partial charge in [-0.05, 0) is 35.7 Å². The monoisotopic (exact) mass is 398 g/mol. The molecule has 1 unspecified atom stereocenters. The van der Waals surface area contributed by atoms with E-state index < -0.39 is 9.84 Å². The van der Waals surface area contributed by atoms with Crippen molar-refractivity contribution in [2.24, 2.45) is 0 Å². The van der Waals surface area contributed by atoms with Crippen molar-refractivity contribution in [3.05, 3.63) is 52.0 Å². The van der Waals surface area contributed by atoms with Crippen LogP contribution in [-0.4, -0.2) is 42.5 Å². The molecular weight excluding hydrogens is 380 g/mol. The number of rotatable bonds is 6. The lowest BCUT2D eigenvalue weighted by Crippen LogP contribution is -2.41. The molecule has 0 bridgehead atoms. The van der Waals surface area contributed by atoms with Crippen LogP contribution in [0.1, 0.15) is 11.3 Å². The highest BCUT2D eigenvalue weighted by Crippen LogP contribution is 2.23. The van der Waals surface area contributed by atoms with E-state index in [4.69, 9.17) is 0 Å². The van der Waals surface area contributed by atoms with Crippen LogP contribution < -0.4 is 4.73 Å². The predicted octanol–water partition coefficient (Wildman–Crippen LogP) is 1.69. The van der Waals surface area contributed by atoms with Gasteiger partial charge in [0.25, 0.3) is 5.03 Å². The quantitative estimate of drug-likeness (QED) is 0.420. The zero-order valence-corrected chi connectivity index (χ0v) is 15.9. The largest absolute Gasteiger partial charge is 0.618 e. The average molecular weight is 399 g/mol. The lowest BCUT2D eigenvalue weighted by Gasteiger charge is -2.27. The topological polar surface area (TPSA) is 81.4 Å². The number of thioether (sulfide) groups is 1. The number of hydrogen-bond donors (Lipinski definition) is 0. The van der Waals surface area contributed by atoms with Gasteiger partial charge in [0, 0.05) is 23.1 Å². The lowest BCUT2D eigenvalue weighted by atomic mass is 10.2. The van der Waals surface area contributed by atoms with Crippen LogP contribution in [0.25, 0.3) is 0 Å². The Morgan fingerprint density at radius 3 is 2.84 bits per heavy atom. The summed E-state index contributed by atoms with van der Waals surface area (Å²) in [5.41, 5.74) is 0. The van der Waals surface area contributed by atoms with Crippen LogP contribution in [0.4, 0.5) is 0 Å². The van der Waals surface area contributed by atoms with Gasteiger partial charge in [-0.3, -0.25) is 4.79 Å². The van der Waals surface area contributed by atoms with E-state index in [9.17, 15) is 18.4 Å². The molecule has 3 heterocycles. The van der Waals surface area contributed by atoms with Crippen molar-refractivity contribution < 1.29 is 17.9 Å². The van der Waals surface area contributed by atoms with E-state index in [-0.39, 0.29) is 29.2 Å². The Morgan fingerprint density at radius 1 is 1.36 bits per heavy atom. The third-order valence-electron chi connectivity index (χ3n) is 4.01. The molecule has 9 heteroatoms. The third-order valence-corrected chi connectivity index (χ3v) is 7.62. The zero-order chi connectivity index (χ0) is 17.9. The summed E-state index contributed by atoms with van der Waals surface area (Å²) in [6, 6.07) is 8.58. The second-order valence-electron chi connectivity index (χ2n) is 5.81. The van der Waals surface area contributed by atoms with Crippen molar-refractivity contribution >= 4 is 38.8 Å². The molecule has 1 aliphatic rings. The van der Waals surface area contributed by atoms with E-state index in [1.54, 1.807) is 34.4 Å². The Hall–Kier alpha value is -1.58. The third kappa shape index (κ3) is 4.74. The number of thiophene rings is 1. The first-order valence-electron chi connectivity index (χ1n) is 7.78. The highest BCUT2D eigenvalue weighted by atomic mass is 32.2. The molecule has 0 N–H and O–H groups in total. The van der Waals surface area contributed by atoms with Crippen LogP contribution >= 0.6 is 23.1 Å². The fourth-order valence-electron chi connectivity index (χ4n) is 2.76. The molecule has 25 heavy (non-hydrogen) atoms. The summed E-state index contributed by atoms with van der Waals surface area (Å²) in [7, 11) is -3.08. The van der Waals surface area contributed by atoms with Crippen LogP contribution in [0.2, 0.25) is 0 Å². The van der Waals surface area contributed by atoms with Crippen molar-refractivity contribution in [3.63, 3.8) is 0 Å². The molecule has 1 fully saturated rings. The minimum atomic E-state index is -3.08. The molecule has 0 aromatic carbocycles. The first-order chi connectivity index (χ1) is 11.9. The summed E-state index contributed by atoms with van der Waals surface area (Å²) in [5, 5.41) is 14.1. The van der Waals surface area contributed by atoms with E-state index in [0.29, 0.717) is 18.0 Å². The Bertz CT molecular complexity index is 837. The number of sulfone groups is 1. The van der Waals surface area contributed by atoms with Crippen LogP contribution in [0.15, 0.2) is 46.9 Å². The minimum Gasteiger partial charge on any atom is -0.618 e. The minimum absolute atomic E-state index is 0.0156. The number of pyridine rings is 1. The summed E-state index contributed by atoms with van der Waals surface area (Å²) in [5.74, 6) is 0.0954. The molecule has 0 aliphatic carbocycles. The van der Waals surface area contributed by atoms with E-state index in [2.05, 4.69) is 0 Å². The highest BCUT2D eigenvalue weighted by Gasteiger charge is 2.34. The molecule has 2 aromatic rings. The first-order valence-corrected chi connectivity index (χ1v) is 11.5. The smallest absolute Gasteiger partial charge is 0.251 e. The molecule has 1 aliphatic heterocycles. The van der Waals surface area contributed by atoms with Crippen molar-refractivity contribution in [2.75, 3.05) is 17.3 Å². The number of aromatic nitrogens is 1. The number of nitrogens with zero attached hydrogens (tertiary/aromatic N) is 2. The fourth-order valence-corrected chi connectivity index (χ4v) is 5.99. The van der Waals surface area contributed by atoms with Crippen molar-refractivity contribution in [1.82, 2.24) is 4.90 Å². The molecular formula is C16H18N2O4S3. The molecule has 1 atom stereocenters. The highest BCUT2D eigenvalue weighted by molar-refractivity contribution is 7.99. The lowest BCUT2D eigenvalue weighted by molar-refractivity contribution is -0.645. The first kappa shape index (κ1) is 18.2. The normalized spacial score (nSPS) is 19.0. The van der Waals surface area contributed by atoms with Gasteiger partial charge in [0.15, 0.2) is 16.0 Å². The molecule has 0 saturated carbocycles. The number of carbonyl (C=O) groups excluding carboxylic acids is 1. The van der Waals surface area contributed by atoms with Gasteiger partial charge in [-0.25, -0.2) is 8.42 Å². The van der Waals surface area contributed by atoms with Crippen LogP contribution in [0.5, 0.6) is 0 Å². The Balaban J connectivity index is 1.71. The molecule has 1 saturated heterocycles. The maximum atomic E-state index is 12.8. The summed E-state index contributed by atoms with van der Waals surface area (Å²) >= 11 is 2.71. The van der Waals surface area contributed by atoms with Gasteiger partial charge < -0.3 is 10.1 Å². The SMILES string of the molecule is O=C(CSc1cccc[n+]1[O-])N(Cc1cccs1)C1CCS(=O)(=O)C1. The Kier molecular flexibility index (Phi) is 5.65. The van der Waals surface area contributed by atoms with Gasteiger partial charge >= 0.3 is 0 Å². The van der Waals surface area contributed by atoms with E-state index in [1.165, 1.54) is 18.0 Å². The van der Waals surface area contributed by atoms with Crippen LogP contribution in [0, 0.1) is 5.21 Å². The average Bonchev–Trinajstić information content (AvgIpc) is 3.20. The fraction of sp³-hybridized carbons (Fsp3) is 0.375. The Morgan fingerprint density at radius 2 is 2.20 bits per heavy atom. The van der Waals surface area contributed by atoms with Gasteiger partial charge in [-0.2, -0.15) is 4.73 Å². The van der Waals surface area contributed by atoms with Gasteiger partial charge in [0.1, 0.15) is 0 Å². The standard InChI is InChI=1S/C16H18N2O4S3/c19-15(11-24-16-5-1-2-7-18(16)20)17(10-14-4-3-8-23-14)13-6-9-25(21,22)12-13/h1-5,7-8,13H,6,9-12H2. The summed E-state index contributed by atoms with van der Waals surface area (Å²) in [4.78, 5) is 15.4. The van der Waals surface area contributed by atoms with Crippen LogP contribution in [-0.2, 0) is 21.2 Å². The number of hydrogen-bond acceptors (Lipinski definition) is 6. The molecule has 3 rings (SSSR count). The van der Waals surface area contributed by atoms with E-state index >= 15 is 0 Å². The summed E-state index contributed by atoms with van der Waals surface area (Å²) < 4.78 is 24.3. The van der Waals surface area contributed by atoms with Crippen LogP contribution in [0.3, 0.4) is 0 Å². The molecule has 0 radical (unpaired) electrons. The van der Waals surface area contributed by atoms with Crippen molar-refractivity contribution in [2.45, 2.75) is 24.0 Å². The van der Waals surface area contributed by atoms with E-state index in [0.717, 1.165) is 9.61 Å². The molecule has 134 valence electrons. The second-order valence-corrected chi connectivity index (χ2v) is 10.1. The van der Waals surface area contributed by atoms with E-state index in [1.807, 2.05) is 17.5 Å². The Labute approximate surface area is 155 Å². The summed E-state index contributed by atoms with van der Waals surface area (Å²) in [6.07, 6.45) is 1.86. The van der Waals surface area contributed by atoms with Crippen molar-refractivity contribution in [3.8, 4) is 0 Å². The van der Waals surface area contributed by atoms with Gasteiger partial charge in [-0.15, -0.1) is 11.3 Å².